The first-order chi connectivity index (χ1) is 9.59. The molecule has 2 heterocycles. The fraction of sp³-hybridized carbons (Fsp3) is 0.867. The van der Waals surface area contributed by atoms with Gasteiger partial charge >= 0.3 is 0 Å². The van der Waals surface area contributed by atoms with Gasteiger partial charge in [0.05, 0.1) is 5.41 Å². The minimum Gasteiger partial charge on any atom is -0.369 e. The highest BCUT2D eigenvalue weighted by Crippen LogP contribution is 2.37. The molecule has 0 atom stereocenters. The van der Waals surface area contributed by atoms with Gasteiger partial charge in [-0.05, 0) is 45.2 Å². The number of hydrogen-bond acceptors (Lipinski definition) is 3. The topological polar surface area (TPSA) is 75.4 Å². The molecule has 20 heavy (non-hydrogen) atoms. The van der Waals surface area contributed by atoms with E-state index in [4.69, 9.17) is 5.73 Å². The molecule has 0 aromatic heterocycles. The first-order valence-electron chi connectivity index (χ1n) is 7.88. The molecule has 0 aromatic carbocycles. The predicted octanol–water partition coefficient (Wildman–Crippen LogP) is 0.880. The summed E-state index contributed by atoms with van der Waals surface area (Å²) in [4.78, 5) is 26.1. The van der Waals surface area contributed by atoms with Gasteiger partial charge in [0.25, 0.3) is 0 Å². The summed E-state index contributed by atoms with van der Waals surface area (Å²) in [5.74, 6) is 0.0419. The lowest BCUT2D eigenvalue weighted by molar-refractivity contribution is -0.147. The Morgan fingerprint density at radius 1 is 1.25 bits per heavy atom. The summed E-state index contributed by atoms with van der Waals surface area (Å²) < 4.78 is 0. The molecule has 2 rings (SSSR count). The van der Waals surface area contributed by atoms with Crippen molar-refractivity contribution in [1.29, 1.82) is 0 Å². The van der Waals surface area contributed by atoms with E-state index in [2.05, 4.69) is 12.2 Å². The van der Waals surface area contributed by atoms with Crippen molar-refractivity contribution in [2.24, 2.45) is 17.1 Å². The van der Waals surface area contributed by atoms with Crippen LogP contribution in [0.3, 0.4) is 0 Å². The molecular weight excluding hydrogens is 254 g/mol. The van der Waals surface area contributed by atoms with Crippen molar-refractivity contribution in [2.45, 2.75) is 45.4 Å². The fourth-order valence-corrected chi connectivity index (χ4v) is 3.66. The quantitative estimate of drug-likeness (QED) is 0.803. The molecule has 0 radical (unpaired) electrons. The molecular formula is C15H27N3O2. The van der Waals surface area contributed by atoms with Crippen LogP contribution in [-0.4, -0.2) is 42.9 Å². The Morgan fingerprint density at radius 2 is 1.85 bits per heavy atom. The first-order valence-corrected chi connectivity index (χ1v) is 7.88. The average molecular weight is 281 g/mol. The van der Waals surface area contributed by atoms with Gasteiger partial charge in [0.15, 0.2) is 0 Å². The van der Waals surface area contributed by atoms with Gasteiger partial charge < -0.3 is 16.0 Å². The van der Waals surface area contributed by atoms with E-state index in [0.717, 1.165) is 51.6 Å². The largest absolute Gasteiger partial charge is 0.369 e. The molecule has 3 N–H and O–H groups in total. The van der Waals surface area contributed by atoms with Gasteiger partial charge in [-0.1, -0.05) is 13.3 Å². The van der Waals surface area contributed by atoms with E-state index in [1.165, 1.54) is 0 Å². The highest BCUT2D eigenvalue weighted by atomic mass is 16.2. The Labute approximate surface area is 121 Å². The maximum Gasteiger partial charge on any atom is 0.228 e. The van der Waals surface area contributed by atoms with Crippen LogP contribution < -0.4 is 11.1 Å². The number of carbonyl (C=O) groups is 2. The van der Waals surface area contributed by atoms with Crippen LogP contribution in [0.25, 0.3) is 0 Å². The maximum absolute atomic E-state index is 12.9. The summed E-state index contributed by atoms with van der Waals surface area (Å²) >= 11 is 0. The van der Waals surface area contributed by atoms with Crippen molar-refractivity contribution in [3.8, 4) is 0 Å². The summed E-state index contributed by atoms with van der Waals surface area (Å²) in [6, 6.07) is 0. The lowest BCUT2D eigenvalue weighted by atomic mass is 9.73. The minimum absolute atomic E-state index is 0.0470. The molecule has 2 aliphatic heterocycles. The molecule has 0 spiro atoms. The van der Waals surface area contributed by atoms with E-state index in [9.17, 15) is 9.59 Å². The lowest BCUT2D eigenvalue weighted by Crippen LogP contribution is -2.52. The molecule has 114 valence electrons. The van der Waals surface area contributed by atoms with Gasteiger partial charge in [0.1, 0.15) is 0 Å². The van der Waals surface area contributed by atoms with Crippen molar-refractivity contribution in [3.63, 3.8) is 0 Å². The van der Waals surface area contributed by atoms with E-state index in [0.29, 0.717) is 19.0 Å². The number of nitrogens with zero attached hydrogens (tertiary/aromatic N) is 1. The zero-order valence-electron chi connectivity index (χ0n) is 12.5. The van der Waals surface area contributed by atoms with Crippen molar-refractivity contribution in [3.05, 3.63) is 0 Å². The molecule has 0 unspecified atom stereocenters. The molecule has 2 amide bonds. The van der Waals surface area contributed by atoms with E-state index in [1.807, 2.05) is 4.90 Å². The van der Waals surface area contributed by atoms with Crippen LogP contribution in [0.15, 0.2) is 0 Å². The number of carbonyl (C=O) groups excluding carboxylic acids is 2. The molecule has 2 aliphatic rings. The fourth-order valence-electron chi connectivity index (χ4n) is 3.66. The van der Waals surface area contributed by atoms with Crippen molar-refractivity contribution >= 4 is 11.8 Å². The third-order valence-electron chi connectivity index (χ3n) is 4.93. The summed E-state index contributed by atoms with van der Waals surface area (Å²) in [5, 5.41) is 3.35. The first kappa shape index (κ1) is 15.3. The number of piperidine rings is 2. The molecule has 2 saturated heterocycles. The minimum atomic E-state index is -0.220. The second-order valence-corrected chi connectivity index (χ2v) is 6.25. The molecule has 5 nitrogen and oxygen atoms in total. The Kier molecular flexibility index (Phi) is 5.02. The van der Waals surface area contributed by atoms with Crippen molar-refractivity contribution in [2.75, 3.05) is 26.2 Å². The number of hydrogen-bond donors (Lipinski definition) is 2. The number of primary amides is 1. The SMILES string of the molecule is CCCC1(C(=O)N2CCC(C(N)=O)CC2)CCNCC1. The van der Waals surface area contributed by atoms with Crippen LogP contribution in [0.1, 0.15) is 45.4 Å². The van der Waals surface area contributed by atoms with Crippen LogP contribution in [0.5, 0.6) is 0 Å². The van der Waals surface area contributed by atoms with E-state index in [1.54, 1.807) is 0 Å². The monoisotopic (exact) mass is 281 g/mol. The molecule has 0 aliphatic carbocycles. The summed E-state index contributed by atoms with van der Waals surface area (Å²) in [6.45, 7) is 5.39. The van der Waals surface area contributed by atoms with Gasteiger partial charge in [0, 0.05) is 19.0 Å². The van der Waals surface area contributed by atoms with Gasteiger partial charge in [-0.25, -0.2) is 0 Å². The Morgan fingerprint density at radius 3 is 2.35 bits per heavy atom. The second-order valence-electron chi connectivity index (χ2n) is 6.25. The van der Waals surface area contributed by atoms with Crippen LogP contribution in [0.4, 0.5) is 0 Å². The van der Waals surface area contributed by atoms with Gasteiger partial charge in [-0.3, -0.25) is 9.59 Å². The molecule has 0 saturated carbocycles. The Balaban J connectivity index is 2.00. The highest BCUT2D eigenvalue weighted by Gasteiger charge is 2.42. The number of likely N-dealkylation sites (tertiary alicyclic amines) is 1. The summed E-state index contributed by atoms with van der Waals surface area (Å²) in [6.07, 6.45) is 5.35. The molecule has 5 heteroatoms. The van der Waals surface area contributed by atoms with E-state index >= 15 is 0 Å². The smallest absolute Gasteiger partial charge is 0.228 e. The van der Waals surface area contributed by atoms with Crippen LogP contribution in [0, 0.1) is 11.3 Å². The standard InChI is InChI=1S/C15H27N3O2/c1-2-5-15(6-8-17-9-7-15)14(20)18-10-3-12(4-11-18)13(16)19/h12,17H,2-11H2,1H3,(H2,16,19). The number of rotatable bonds is 4. The Hall–Kier alpha value is -1.10. The van der Waals surface area contributed by atoms with Crippen LogP contribution in [0.2, 0.25) is 0 Å². The lowest BCUT2D eigenvalue weighted by Gasteiger charge is -2.42. The van der Waals surface area contributed by atoms with Crippen molar-refractivity contribution < 1.29 is 9.59 Å². The third-order valence-corrected chi connectivity index (χ3v) is 4.93. The van der Waals surface area contributed by atoms with E-state index < -0.39 is 0 Å². The van der Waals surface area contributed by atoms with Gasteiger partial charge in [-0.15, -0.1) is 0 Å². The van der Waals surface area contributed by atoms with Gasteiger partial charge in [-0.2, -0.15) is 0 Å². The molecule has 0 aromatic rings. The number of amides is 2. The van der Waals surface area contributed by atoms with Gasteiger partial charge in [0.2, 0.25) is 11.8 Å². The average Bonchev–Trinajstić information content (AvgIpc) is 2.48. The second kappa shape index (κ2) is 6.57. The highest BCUT2D eigenvalue weighted by molar-refractivity contribution is 5.83. The number of nitrogens with two attached hydrogens (primary N) is 1. The normalized spacial score (nSPS) is 23.6. The molecule has 0 bridgehead atoms. The zero-order chi connectivity index (χ0) is 14.6. The summed E-state index contributed by atoms with van der Waals surface area (Å²) in [7, 11) is 0. The van der Waals surface area contributed by atoms with Crippen molar-refractivity contribution in [1.82, 2.24) is 10.2 Å². The molecule has 2 fully saturated rings. The van der Waals surface area contributed by atoms with Crippen LogP contribution in [-0.2, 0) is 9.59 Å². The third kappa shape index (κ3) is 3.14. The number of nitrogens with one attached hydrogen (secondary N) is 1. The summed E-state index contributed by atoms with van der Waals surface area (Å²) in [5.41, 5.74) is 5.19. The predicted molar refractivity (Wildman–Crippen MR) is 77.9 cm³/mol. The maximum atomic E-state index is 12.9. The zero-order valence-corrected chi connectivity index (χ0v) is 12.5. The van der Waals surface area contributed by atoms with E-state index in [-0.39, 0.29) is 17.2 Å². The Bertz CT molecular complexity index is 351. The van der Waals surface area contributed by atoms with Crippen LogP contribution >= 0.6 is 0 Å².